The summed E-state index contributed by atoms with van der Waals surface area (Å²) in [5.41, 5.74) is 7.96. The van der Waals surface area contributed by atoms with E-state index < -0.39 is 0 Å². The Morgan fingerprint density at radius 1 is 1.39 bits per heavy atom. The highest BCUT2D eigenvalue weighted by Gasteiger charge is 2.22. The van der Waals surface area contributed by atoms with Gasteiger partial charge in [0.25, 0.3) is 0 Å². The molecule has 0 amide bonds. The van der Waals surface area contributed by atoms with Gasteiger partial charge in [-0.3, -0.25) is 4.98 Å². The Morgan fingerprint density at radius 3 is 2.78 bits per heavy atom. The number of nitrogens with zero attached hydrogens (tertiary/aromatic N) is 1. The van der Waals surface area contributed by atoms with Crippen LogP contribution in [-0.4, -0.2) is 22.2 Å². The predicted molar refractivity (Wildman–Crippen MR) is 75.6 cm³/mol. The normalized spacial score (nSPS) is 14.4. The molecule has 0 aliphatic heterocycles. The standard InChI is InChI=1S/C14H19N3O/c1-3-14(2,9-18)17-13-10-6-4-5-7-12(10)16-8-11(13)15/h4-8,18H,3,9,15H2,1-2H3,(H,16,17). The second-order valence-electron chi connectivity index (χ2n) is 4.80. The van der Waals surface area contributed by atoms with E-state index in [1.165, 1.54) is 0 Å². The number of hydrogen-bond acceptors (Lipinski definition) is 4. The smallest absolute Gasteiger partial charge is 0.0743 e. The topological polar surface area (TPSA) is 71.2 Å². The predicted octanol–water partition coefficient (Wildman–Crippen LogP) is 2.39. The van der Waals surface area contributed by atoms with Crippen LogP contribution in [0.3, 0.4) is 0 Å². The summed E-state index contributed by atoms with van der Waals surface area (Å²) in [5, 5.41) is 13.8. The van der Waals surface area contributed by atoms with Crippen molar-refractivity contribution >= 4 is 22.3 Å². The number of hydrogen-bond donors (Lipinski definition) is 3. The average molecular weight is 245 g/mol. The van der Waals surface area contributed by atoms with Crippen molar-refractivity contribution in [2.45, 2.75) is 25.8 Å². The molecular weight excluding hydrogens is 226 g/mol. The van der Waals surface area contributed by atoms with Crippen LogP contribution in [0.1, 0.15) is 20.3 Å². The summed E-state index contributed by atoms with van der Waals surface area (Å²) in [4.78, 5) is 4.30. The van der Waals surface area contributed by atoms with Crippen LogP contribution < -0.4 is 11.1 Å². The van der Waals surface area contributed by atoms with Crippen molar-refractivity contribution in [3.05, 3.63) is 30.5 Å². The number of aliphatic hydroxyl groups is 1. The van der Waals surface area contributed by atoms with Gasteiger partial charge in [-0.1, -0.05) is 25.1 Å². The SMILES string of the molecule is CCC(C)(CO)Nc1c(N)cnc2ccccc12. The van der Waals surface area contributed by atoms with Crippen LogP contribution in [0.4, 0.5) is 11.4 Å². The lowest BCUT2D eigenvalue weighted by Gasteiger charge is -2.29. The Kier molecular flexibility index (Phi) is 3.39. The van der Waals surface area contributed by atoms with Gasteiger partial charge in [0.2, 0.25) is 0 Å². The summed E-state index contributed by atoms with van der Waals surface area (Å²) in [6.07, 6.45) is 2.46. The minimum atomic E-state index is -0.377. The van der Waals surface area contributed by atoms with Gasteiger partial charge in [-0.05, 0) is 19.4 Å². The highest BCUT2D eigenvalue weighted by molar-refractivity contribution is 5.97. The summed E-state index contributed by atoms with van der Waals surface area (Å²) in [6, 6.07) is 7.83. The number of nitrogen functional groups attached to an aromatic ring is 1. The molecule has 0 aliphatic carbocycles. The van der Waals surface area contributed by atoms with E-state index in [1.807, 2.05) is 38.1 Å². The van der Waals surface area contributed by atoms with Crippen molar-refractivity contribution in [1.29, 1.82) is 0 Å². The van der Waals surface area contributed by atoms with Crippen molar-refractivity contribution in [3.8, 4) is 0 Å². The molecule has 96 valence electrons. The van der Waals surface area contributed by atoms with Crippen LogP contribution in [0.5, 0.6) is 0 Å². The van der Waals surface area contributed by atoms with E-state index in [2.05, 4.69) is 10.3 Å². The van der Waals surface area contributed by atoms with Crippen molar-refractivity contribution < 1.29 is 5.11 Å². The number of para-hydroxylation sites is 1. The molecule has 4 heteroatoms. The van der Waals surface area contributed by atoms with Gasteiger partial charge in [-0.25, -0.2) is 0 Å². The van der Waals surface area contributed by atoms with E-state index in [9.17, 15) is 5.11 Å². The molecule has 1 atom stereocenters. The monoisotopic (exact) mass is 245 g/mol. The third-order valence-corrected chi connectivity index (χ3v) is 3.36. The van der Waals surface area contributed by atoms with E-state index in [0.29, 0.717) is 5.69 Å². The number of rotatable bonds is 4. The molecule has 4 N–H and O–H groups in total. The van der Waals surface area contributed by atoms with Crippen LogP contribution >= 0.6 is 0 Å². The van der Waals surface area contributed by atoms with Gasteiger partial charge < -0.3 is 16.2 Å². The lowest BCUT2D eigenvalue weighted by atomic mass is 9.99. The maximum absolute atomic E-state index is 9.49. The zero-order chi connectivity index (χ0) is 13.2. The number of nitrogens with one attached hydrogen (secondary N) is 1. The molecule has 18 heavy (non-hydrogen) atoms. The summed E-state index contributed by atoms with van der Waals surface area (Å²) >= 11 is 0. The number of aromatic nitrogens is 1. The molecule has 4 nitrogen and oxygen atoms in total. The Hall–Kier alpha value is -1.81. The lowest BCUT2D eigenvalue weighted by Crippen LogP contribution is -2.38. The Labute approximate surface area is 107 Å². The van der Waals surface area contributed by atoms with Crippen LogP contribution in [0.2, 0.25) is 0 Å². The first kappa shape index (κ1) is 12.6. The molecule has 1 heterocycles. The summed E-state index contributed by atoms with van der Waals surface area (Å²) in [6.45, 7) is 4.06. The second-order valence-corrected chi connectivity index (χ2v) is 4.80. The number of nitrogens with two attached hydrogens (primary N) is 1. The lowest BCUT2D eigenvalue weighted by molar-refractivity contribution is 0.219. The Morgan fingerprint density at radius 2 is 2.11 bits per heavy atom. The Balaban J connectivity index is 2.52. The molecule has 1 aromatic heterocycles. The van der Waals surface area contributed by atoms with E-state index in [1.54, 1.807) is 6.20 Å². The second kappa shape index (κ2) is 4.82. The molecule has 0 bridgehead atoms. The third-order valence-electron chi connectivity index (χ3n) is 3.36. The first-order valence-corrected chi connectivity index (χ1v) is 6.12. The van der Waals surface area contributed by atoms with Crippen LogP contribution in [0.25, 0.3) is 10.9 Å². The van der Waals surface area contributed by atoms with E-state index in [0.717, 1.165) is 23.0 Å². The number of benzene rings is 1. The minimum Gasteiger partial charge on any atom is -0.396 e. The average Bonchev–Trinajstić information content (AvgIpc) is 2.42. The third kappa shape index (κ3) is 2.24. The minimum absolute atomic E-state index is 0.0551. The van der Waals surface area contributed by atoms with Gasteiger partial charge in [-0.2, -0.15) is 0 Å². The molecule has 0 spiro atoms. The number of fused-ring (bicyclic) bond motifs is 1. The molecular formula is C14H19N3O. The van der Waals surface area contributed by atoms with Crippen molar-refractivity contribution in [3.63, 3.8) is 0 Å². The van der Waals surface area contributed by atoms with E-state index in [-0.39, 0.29) is 12.1 Å². The first-order valence-electron chi connectivity index (χ1n) is 6.12. The molecule has 2 rings (SSSR count). The molecule has 0 aliphatic rings. The molecule has 1 unspecified atom stereocenters. The maximum atomic E-state index is 9.49. The molecule has 0 radical (unpaired) electrons. The quantitative estimate of drug-likeness (QED) is 0.773. The summed E-state index contributed by atoms with van der Waals surface area (Å²) in [7, 11) is 0. The zero-order valence-electron chi connectivity index (χ0n) is 10.8. The molecule has 1 aromatic carbocycles. The summed E-state index contributed by atoms with van der Waals surface area (Å²) in [5.74, 6) is 0. The fraction of sp³-hybridized carbons (Fsp3) is 0.357. The highest BCUT2D eigenvalue weighted by Crippen LogP contribution is 2.30. The van der Waals surface area contributed by atoms with Crippen molar-refractivity contribution in [2.75, 3.05) is 17.7 Å². The van der Waals surface area contributed by atoms with Gasteiger partial charge >= 0.3 is 0 Å². The molecule has 0 saturated heterocycles. The van der Waals surface area contributed by atoms with Crippen LogP contribution in [0.15, 0.2) is 30.5 Å². The molecule has 2 aromatic rings. The van der Waals surface area contributed by atoms with Crippen LogP contribution in [0, 0.1) is 0 Å². The van der Waals surface area contributed by atoms with Gasteiger partial charge in [0.15, 0.2) is 0 Å². The zero-order valence-corrected chi connectivity index (χ0v) is 10.8. The van der Waals surface area contributed by atoms with E-state index >= 15 is 0 Å². The fourth-order valence-corrected chi connectivity index (χ4v) is 1.84. The molecule has 0 saturated carbocycles. The fourth-order valence-electron chi connectivity index (χ4n) is 1.84. The van der Waals surface area contributed by atoms with Gasteiger partial charge in [0.1, 0.15) is 0 Å². The van der Waals surface area contributed by atoms with E-state index in [4.69, 9.17) is 5.73 Å². The summed E-state index contributed by atoms with van der Waals surface area (Å²) < 4.78 is 0. The van der Waals surface area contributed by atoms with Gasteiger partial charge in [0, 0.05) is 5.39 Å². The number of aliphatic hydroxyl groups excluding tert-OH is 1. The van der Waals surface area contributed by atoms with Gasteiger partial charge in [0.05, 0.1) is 35.2 Å². The molecule has 0 fully saturated rings. The van der Waals surface area contributed by atoms with Crippen LogP contribution in [-0.2, 0) is 0 Å². The largest absolute Gasteiger partial charge is 0.396 e. The number of pyridine rings is 1. The van der Waals surface area contributed by atoms with Gasteiger partial charge in [-0.15, -0.1) is 0 Å². The number of anilines is 2. The van der Waals surface area contributed by atoms with Crippen molar-refractivity contribution in [1.82, 2.24) is 4.98 Å². The Bertz CT molecular complexity index is 550. The first-order chi connectivity index (χ1) is 8.59. The maximum Gasteiger partial charge on any atom is 0.0743 e. The van der Waals surface area contributed by atoms with Crippen molar-refractivity contribution in [2.24, 2.45) is 0 Å². The highest BCUT2D eigenvalue weighted by atomic mass is 16.3.